The fourth-order valence-electron chi connectivity index (χ4n) is 2.00. The maximum absolute atomic E-state index is 11.9. The minimum atomic E-state index is -3.29. The first kappa shape index (κ1) is 12.2. The molecule has 0 saturated carbocycles. The molecular formula is C10H11Cl2NO2S. The lowest BCUT2D eigenvalue weighted by atomic mass is 10.0. The topological polar surface area (TPSA) is 46.2 Å². The molecule has 0 amide bonds. The van der Waals surface area contributed by atoms with Crippen LogP contribution in [0.3, 0.4) is 0 Å². The molecule has 88 valence electrons. The predicted molar refractivity (Wildman–Crippen MR) is 64.9 cm³/mol. The third-order valence-electron chi connectivity index (χ3n) is 2.78. The highest BCUT2D eigenvalue weighted by atomic mass is 35.5. The van der Waals surface area contributed by atoms with E-state index in [9.17, 15) is 8.42 Å². The second-order valence-electron chi connectivity index (χ2n) is 3.72. The van der Waals surface area contributed by atoms with Crippen LogP contribution in [0.4, 0.5) is 0 Å². The molecule has 0 saturated heterocycles. The molecule has 0 bridgehead atoms. The number of hydrogen-bond donors (Lipinski definition) is 1. The Morgan fingerprint density at radius 3 is 2.56 bits per heavy atom. The van der Waals surface area contributed by atoms with Crippen LogP contribution >= 0.6 is 23.2 Å². The van der Waals surface area contributed by atoms with Gasteiger partial charge in [-0.25, -0.2) is 8.42 Å². The van der Waals surface area contributed by atoms with E-state index in [1.54, 1.807) is 13.1 Å². The monoisotopic (exact) mass is 279 g/mol. The van der Waals surface area contributed by atoms with Crippen molar-refractivity contribution in [2.24, 2.45) is 0 Å². The van der Waals surface area contributed by atoms with E-state index in [1.807, 2.05) is 0 Å². The van der Waals surface area contributed by atoms with Gasteiger partial charge in [0.25, 0.3) is 0 Å². The van der Waals surface area contributed by atoms with Gasteiger partial charge in [0.2, 0.25) is 0 Å². The van der Waals surface area contributed by atoms with Gasteiger partial charge in [0.1, 0.15) is 0 Å². The number of hydrogen-bond acceptors (Lipinski definition) is 3. The Morgan fingerprint density at radius 1 is 1.31 bits per heavy atom. The average Bonchev–Trinajstić information content (AvgIpc) is 2.23. The zero-order chi connectivity index (χ0) is 11.9. The average molecular weight is 280 g/mol. The van der Waals surface area contributed by atoms with Crippen molar-refractivity contribution in [2.75, 3.05) is 12.8 Å². The van der Waals surface area contributed by atoms with Gasteiger partial charge in [0, 0.05) is 16.6 Å². The molecule has 6 heteroatoms. The Hall–Kier alpha value is -0.290. The van der Waals surface area contributed by atoms with Crippen molar-refractivity contribution in [2.45, 2.75) is 17.4 Å². The van der Waals surface area contributed by atoms with Gasteiger partial charge in [-0.1, -0.05) is 23.2 Å². The number of halogens is 2. The second kappa shape index (κ2) is 4.18. The molecule has 1 aromatic rings. The highest BCUT2D eigenvalue weighted by Crippen LogP contribution is 2.40. The van der Waals surface area contributed by atoms with Crippen molar-refractivity contribution in [3.05, 3.63) is 27.7 Å². The third-order valence-corrected chi connectivity index (χ3v) is 5.37. The first-order valence-electron chi connectivity index (χ1n) is 4.85. The van der Waals surface area contributed by atoms with E-state index in [1.165, 1.54) is 6.07 Å². The second-order valence-corrected chi connectivity index (χ2v) is 6.58. The first-order valence-corrected chi connectivity index (χ1v) is 7.26. The molecule has 1 aliphatic rings. The van der Waals surface area contributed by atoms with Crippen molar-refractivity contribution in [3.8, 4) is 0 Å². The van der Waals surface area contributed by atoms with Crippen molar-refractivity contribution >= 4 is 33.0 Å². The van der Waals surface area contributed by atoms with E-state index in [-0.39, 0.29) is 21.7 Å². The van der Waals surface area contributed by atoms with Crippen LogP contribution in [0.15, 0.2) is 17.0 Å². The summed E-state index contributed by atoms with van der Waals surface area (Å²) in [5.74, 6) is 0.103. The fraction of sp³-hybridized carbons (Fsp3) is 0.400. The lowest BCUT2D eigenvalue weighted by Crippen LogP contribution is -2.28. The molecule has 0 fully saturated rings. The molecule has 1 N–H and O–H groups in total. The lowest BCUT2D eigenvalue weighted by Gasteiger charge is -2.26. The molecule has 3 nitrogen and oxygen atoms in total. The quantitative estimate of drug-likeness (QED) is 0.859. The van der Waals surface area contributed by atoms with Crippen LogP contribution in [-0.4, -0.2) is 21.2 Å². The molecule has 0 aromatic heterocycles. The molecular weight excluding hydrogens is 269 g/mol. The largest absolute Gasteiger partial charge is 0.313 e. The first-order chi connectivity index (χ1) is 7.47. The number of sulfone groups is 1. The minimum Gasteiger partial charge on any atom is -0.313 e. The molecule has 1 unspecified atom stereocenters. The van der Waals surface area contributed by atoms with Gasteiger partial charge in [-0.3, -0.25) is 0 Å². The number of rotatable bonds is 1. The third kappa shape index (κ3) is 1.84. The molecule has 0 aliphatic carbocycles. The highest BCUT2D eigenvalue weighted by Gasteiger charge is 2.33. The molecule has 1 aliphatic heterocycles. The van der Waals surface area contributed by atoms with Gasteiger partial charge in [-0.15, -0.1) is 0 Å². The Labute approximate surface area is 105 Å². The minimum absolute atomic E-state index is 0.0512. The Balaban J connectivity index is 2.78. The van der Waals surface area contributed by atoms with Crippen LogP contribution in [0.2, 0.25) is 10.0 Å². The van der Waals surface area contributed by atoms with Crippen molar-refractivity contribution in [1.29, 1.82) is 0 Å². The summed E-state index contributed by atoms with van der Waals surface area (Å²) in [6, 6.07) is 3.11. The van der Waals surface area contributed by atoms with Gasteiger partial charge in [0.15, 0.2) is 9.84 Å². The van der Waals surface area contributed by atoms with Gasteiger partial charge >= 0.3 is 0 Å². The summed E-state index contributed by atoms with van der Waals surface area (Å²) in [6.45, 7) is 0. The SMILES string of the molecule is CNC1CCS(=O)(=O)c2c(Cl)ccc(Cl)c21. The van der Waals surface area contributed by atoms with Crippen molar-refractivity contribution < 1.29 is 8.42 Å². The van der Waals surface area contributed by atoms with Crippen LogP contribution in [0.25, 0.3) is 0 Å². The van der Waals surface area contributed by atoms with Gasteiger partial charge in [-0.2, -0.15) is 0 Å². The van der Waals surface area contributed by atoms with E-state index >= 15 is 0 Å². The summed E-state index contributed by atoms with van der Waals surface area (Å²) in [5, 5.41) is 3.75. The maximum atomic E-state index is 11.9. The lowest BCUT2D eigenvalue weighted by molar-refractivity contribution is 0.529. The summed E-state index contributed by atoms with van der Waals surface area (Å²) >= 11 is 12.0. The summed E-state index contributed by atoms with van der Waals surface area (Å²) in [6.07, 6.45) is 0.520. The molecule has 16 heavy (non-hydrogen) atoms. The summed E-state index contributed by atoms with van der Waals surface area (Å²) in [5.41, 5.74) is 0.600. The zero-order valence-corrected chi connectivity index (χ0v) is 11.0. The highest BCUT2D eigenvalue weighted by molar-refractivity contribution is 7.91. The Kier molecular flexibility index (Phi) is 3.18. The maximum Gasteiger partial charge on any atom is 0.180 e. The Bertz CT molecular complexity index is 528. The zero-order valence-electron chi connectivity index (χ0n) is 8.63. The van der Waals surface area contributed by atoms with Gasteiger partial charge in [0.05, 0.1) is 15.7 Å². The molecule has 1 heterocycles. The van der Waals surface area contributed by atoms with E-state index < -0.39 is 9.84 Å². The van der Waals surface area contributed by atoms with E-state index in [0.717, 1.165) is 0 Å². The van der Waals surface area contributed by atoms with Gasteiger partial charge in [-0.05, 0) is 25.6 Å². The molecule has 2 rings (SSSR count). The molecule has 1 atom stereocenters. The smallest absolute Gasteiger partial charge is 0.180 e. The Morgan fingerprint density at radius 2 is 1.94 bits per heavy atom. The van der Waals surface area contributed by atoms with Crippen LogP contribution < -0.4 is 5.32 Å². The number of nitrogens with one attached hydrogen (secondary N) is 1. The summed E-state index contributed by atoms with van der Waals surface area (Å²) in [4.78, 5) is 0.187. The van der Waals surface area contributed by atoms with E-state index in [2.05, 4.69) is 5.32 Å². The molecule has 0 radical (unpaired) electrons. The molecule has 0 spiro atoms. The van der Waals surface area contributed by atoms with E-state index in [0.29, 0.717) is 17.0 Å². The fourth-order valence-corrected chi connectivity index (χ4v) is 4.56. The van der Waals surface area contributed by atoms with Crippen LogP contribution in [0.1, 0.15) is 18.0 Å². The van der Waals surface area contributed by atoms with E-state index in [4.69, 9.17) is 23.2 Å². The predicted octanol–water partition coefficient (Wildman–Crippen LogP) is 2.43. The van der Waals surface area contributed by atoms with Gasteiger partial charge < -0.3 is 5.32 Å². The number of fused-ring (bicyclic) bond motifs is 1. The number of benzene rings is 1. The van der Waals surface area contributed by atoms with Crippen LogP contribution in [-0.2, 0) is 9.84 Å². The van der Waals surface area contributed by atoms with Crippen LogP contribution in [0, 0.1) is 0 Å². The summed E-state index contributed by atoms with van der Waals surface area (Å²) < 4.78 is 23.9. The molecule has 1 aromatic carbocycles. The van der Waals surface area contributed by atoms with Crippen LogP contribution in [0.5, 0.6) is 0 Å². The van der Waals surface area contributed by atoms with Crippen molar-refractivity contribution in [3.63, 3.8) is 0 Å². The normalized spacial score (nSPS) is 22.8. The van der Waals surface area contributed by atoms with Crippen molar-refractivity contribution in [1.82, 2.24) is 5.32 Å². The summed E-state index contributed by atoms with van der Waals surface area (Å²) in [7, 11) is -1.51. The standard InChI is InChI=1S/C10H11Cl2NO2S/c1-13-8-4-5-16(14,15)10-7(12)3-2-6(11)9(8)10/h2-3,8,13H,4-5H2,1H3.